The molecule has 1 aromatic rings. The van der Waals surface area contributed by atoms with E-state index in [1.54, 1.807) is 0 Å². The molecule has 0 radical (unpaired) electrons. The molecular formula is C13H18N2O. The number of ether oxygens (including phenoxy) is 1. The van der Waals surface area contributed by atoms with E-state index in [0.717, 1.165) is 31.3 Å². The lowest BCUT2D eigenvalue weighted by Gasteiger charge is -2.32. The Balaban J connectivity index is 1.62. The molecule has 16 heavy (non-hydrogen) atoms. The summed E-state index contributed by atoms with van der Waals surface area (Å²) in [6.45, 7) is 4.19. The fraction of sp³-hybridized carbons (Fsp3) is 0.615. The standard InChI is InChI=1S/C13H18N2O/c1-2-6-14-12(3-1)13-10-15(7-8-16-13)9-11-4-5-11/h1-3,6,11,13H,4-5,7-10H2. The number of morpholine rings is 1. The minimum atomic E-state index is 0.175. The topological polar surface area (TPSA) is 25.4 Å². The van der Waals surface area contributed by atoms with Crippen molar-refractivity contribution in [2.75, 3.05) is 26.2 Å². The molecule has 0 bridgehead atoms. The Labute approximate surface area is 96.4 Å². The summed E-state index contributed by atoms with van der Waals surface area (Å²) < 4.78 is 5.79. The summed E-state index contributed by atoms with van der Waals surface area (Å²) in [6, 6.07) is 6.05. The van der Waals surface area contributed by atoms with Gasteiger partial charge < -0.3 is 4.74 Å². The molecule has 0 spiro atoms. The van der Waals surface area contributed by atoms with Crippen molar-refractivity contribution in [2.45, 2.75) is 18.9 Å². The van der Waals surface area contributed by atoms with Gasteiger partial charge in [0.25, 0.3) is 0 Å². The predicted molar refractivity (Wildman–Crippen MR) is 62.1 cm³/mol. The normalized spacial score (nSPS) is 26.9. The van der Waals surface area contributed by atoms with Crippen molar-refractivity contribution in [3.63, 3.8) is 0 Å². The van der Waals surface area contributed by atoms with Gasteiger partial charge in [-0.15, -0.1) is 0 Å². The average molecular weight is 218 g/mol. The fourth-order valence-electron chi connectivity index (χ4n) is 2.28. The van der Waals surface area contributed by atoms with Crippen LogP contribution in [0.5, 0.6) is 0 Å². The molecule has 1 saturated carbocycles. The molecule has 1 saturated heterocycles. The lowest BCUT2D eigenvalue weighted by molar-refractivity contribution is -0.0334. The first kappa shape index (κ1) is 10.2. The van der Waals surface area contributed by atoms with Gasteiger partial charge in [0.2, 0.25) is 0 Å². The first-order chi connectivity index (χ1) is 7.92. The summed E-state index contributed by atoms with van der Waals surface area (Å²) in [5.41, 5.74) is 1.07. The van der Waals surface area contributed by atoms with Crippen LogP contribution in [0.2, 0.25) is 0 Å². The maximum absolute atomic E-state index is 5.79. The van der Waals surface area contributed by atoms with E-state index in [1.807, 2.05) is 18.3 Å². The third-order valence-electron chi connectivity index (χ3n) is 3.38. The van der Waals surface area contributed by atoms with Crippen LogP contribution in [0.25, 0.3) is 0 Å². The van der Waals surface area contributed by atoms with Gasteiger partial charge in [0.1, 0.15) is 6.10 Å². The number of hydrogen-bond acceptors (Lipinski definition) is 3. The quantitative estimate of drug-likeness (QED) is 0.774. The number of aromatic nitrogens is 1. The maximum Gasteiger partial charge on any atom is 0.112 e. The van der Waals surface area contributed by atoms with E-state index < -0.39 is 0 Å². The second-order valence-electron chi connectivity index (χ2n) is 4.82. The zero-order valence-electron chi connectivity index (χ0n) is 9.51. The van der Waals surface area contributed by atoms with Crippen LogP contribution >= 0.6 is 0 Å². The van der Waals surface area contributed by atoms with Crippen LogP contribution in [0.15, 0.2) is 24.4 Å². The molecule has 1 aromatic heterocycles. The SMILES string of the molecule is c1ccc(C2CN(CC3CC3)CCO2)nc1. The Kier molecular flexibility index (Phi) is 2.89. The molecule has 1 aliphatic carbocycles. The van der Waals surface area contributed by atoms with Crippen LogP contribution in [0, 0.1) is 5.92 Å². The van der Waals surface area contributed by atoms with Crippen LogP contribution in [0.1, 0.15) is 24.6 Å². The van der Waals surface area contributed by atoms with Crippen LogP contribution in [-0.2, 0) is 4.74 Å². The third-order valence-corrected chi connectivity index (χ3v) is 3.38. The molecule has 1 unspecified atom stereocenters. The van der Waals surface area contributed by atoms with Gasteiger partial charge in [0.15, 0.2) is 0 Å². The van der Waals surface area contributed by atoms with Crippen LogP contribution in [-0.4, -0.2) is 36.1 Å². The Morgan fingerprint density at radius 3 is 3.06 bits per heavy atom. The maximum atomic E-state index is 5.79. The first-order valence-electron chi connectivity index (χ1n) is 6.17. The molecule has 1 atom stereocenters. The Morgan fingerprint density at radius 1 is 1.38 bits per heavy atom. The predicted octanol–water partition coefficient (Wildman–Crippen LogP) is 1.86. The van der Waals surface area contributed by atoms with Crippen molar-refractivity contribution < 1.29 is 4.74 Å². The summed E-state index contributed by atoms with van der Waals surface area (Å²) in [4.78, 5) is 6.91. The second-order valence-corrected chi connectivity index (χ2v) is 4.82. The number of rotatable bonds is 3. The largest absolute Gasteiger partial charge is 0.369 e. The van der Waals surface area contributed by atoms with E-state index in [4.69, 9.17) is 4.74 Å². The van der Waals surface area contributed by atoms with Gasteiger partial charge in [-0.1, -0.05) is 6.07 Å². The van der Waals surface area contributed by atoms with E-state index >= 15 is 0 Å². The highest BCUT2D eigenvalue weighted by Gasteiger charge is 2.28. The second kappa shape index (κ2) is 4.52. The van der Waals surface area contributed by atoms with Gasteiger partial charge in [-0.05, 0) is 30.9 Å². The molecule has 2 aliphatic rings. The van der Waals surface area contributed by atoms with Gasteiger partial charge in [-0.2, -0.15) is 0 Å². The van der Waals surface area contributed by atoms with Crippen molar-refractivity contribution in [2.24, 2.45) is 5.92 Å². The van der Waals surface area contributed by atoms with Crippen LogP contribution in [0.4, 0.5) is 0 Å². The molecule has 0 aromatic carbocycles. The minimum absolute atomic E-state index is 0.175. The minimum Gasteiger partial charge on any atom is -0.369 e. The summed E-state index contributed by atoms with van der Waals surface area (Å²) in [6.07, 6.45) is 4.86. The van der Waals surface area contributed by atoms with Crippen molar-refractivity contribution in [1.82, 2.24) is 9.88 Å². The van der Waals surface area contributed by atoms with Crippen molar-refractivity contribution >= 4 is 0 Å². The summed E-state index contributed by atoms with van der Waals surface area (Å²) in [5.74, 6) is 0.961. The van der Waals surface area contributed by atoms with Crippen LogP contribution in [0.3, 0.4) is 0 Å². The Hall–Kier alpha value is -0.930. The molecular weight excluding hydrogens is 200 g/mol. The fourth-order valence-corrected chi connectivity index (χ4v) is 2.28. The summed E-state index contributed by atoms with van der Waals surface area (Å²) in [5, 5.41) is 0. The Morgan fingerprint density at radius 2 is 2.31 bits per heavy atom. The van der Waals surface area contributed by atoms with Gasteiger partial charge in [0.05, 0.1) is 12.3 Å². The van der Waals surface area contributed by atoms with Crippen molar-refractivity contribution in [3.8, 4) is 0 Å². The Bertz CT molecular complexity index is 337. The van der Waals surface area contributed by atoms with Crippen molar-refractivity contribution in [1.29, 1.82) is 0 Å². The summed E-state index contributed by atoms with van der Waals surface area (Å²) >= 11 is 0. The summed E-state index contributed by atoms with van der Waals surface area (Å²) in [7, 11) is 0. The molecule has 2 fully saturated rings. The molecule has 0 amide bonds. The molecule has 3 nitrogen and oxygen atoms in total. The lowest BCUT2D eigenvalue weighted by Crippen LogP contribution is -2.39. The highest BCUT2D eigenvalue weighted by Crippen LogP contribution is 2.31. The van der Waals surface area contributed by atoms with Crippen molar-refractivity contribution in [3.05, 3.63) is 30.1 Å². The molecule has 0 N–H and O–H groups in total. The third kappa shape index (κ3) is 2.42. The number of hydrogen-bond donors (Lipinski definition) is 0. The highest BCUT2D eigenvalue weighted by molar-refractivity contribution is 5.08. The van der Waals surface area contributed by atoms with Crippen LogP contribution < -0.4 is 0 Å². The number of nitrogens with zero attached hydrogens (tertiary/aromatic N) is 2. The first-order valence-corrected chi connectivity index (χ1v) is 6.17. The van der Waals surface area contributed by atoms with E-state index in [-0.39, 0.29) is 6.10 Å². The molecule has 1 aliphatic heterocycles. The van der Waals surface area contributed by atoms with Gasteiger partial charge in [0, 0.05) is 25.8 Å². The average Bonchev–Trinajstić information content (AvgIpc) is 3.15. The van der Waals surface area contributed by atoms with E-state index in [2.05, 4.69) is 16.0 Å². The lowest BCUT2D eigenvalue weighted by atomic mass is 10.2. The van der Waals surface area contributed by atoms with E-state index in [9.17, 15) is 0 Å². The zero-order chi connectivity index (χ0) is 10.8. The monoisotopic (exact) mass is 218 g/mol. The molecule has 86 valence electrons. The molecule has 3 heteroatoms. The van der Waals surface area contributed by atoms with E-state index in [0.29, 0.717) is 0 Å². The zero-order valence-corrected chi connectivity index (χ0v) is 9.51. The molecule has 3 rings (SSSR count). The van der Waals surface area contributed by atoms with E-state index in [1.165, 1.54) is 19.4 Å². The molecule has 2 heterocycles. The van der Waals surface area contributed by atoms with Gasteiger partial charge >= 0.3 is 0 Å². The number of pyridine rings is 1. The highest BCUT2D eigenvalue weighted by atomic mass is 16.5. The smallest absolute Gasteiger partial charge is 0.112 e. The van der Waals surface area contributed by atoms with Gasteiger partial charge in [-0.3, -0.25) is 9.88 Å². The van der Waals surface area contributed by atoms with Gasteiger partial charge in [-0.25, -0.2) is 0 Å².